The minimum atomic E-state index is -1.40. The Morgan fingerprint density at radius 2 is 1.77 bits per heavy atom. The fourth-order valence-electron chi connectivity index (χ4n) is 3.45. The molecule has 0 fully saturated rings. The number of para-hydroxylation sites is 1. The van der Waals surface area contributed by atoms with Gasteiger partial charge in [0.05, 0.1) is 32.6 Å². The molecule has 2 rings (SSSR count). The van der Waals surface area contributed by atoms with E-state index in [1.54, 1.807) is 10.9 Å². The molecule has 0 aliphatic carbocycles. The molecular formula is C25H36N6O9. The van der Waals surface area contributed by atoms with E-state index in [-0.39, 0.29) is 19.3 Å². The predicted molar refractivity (Wildman–Crippen MR) is 140 cm³/mol. The van der Waals surface area contributed by atoms with E-state index in [1.165, 1.54) is 0 Å². The maximum atomic E-state index is 12.1. The molecular weight excluding hydrogens is 528 g/mol. The van der Waals surface area contributed by atoms with Crippen LogP contribution in [0.15, 0.2) is 36.5 Å². The summed E-state index contributed by atoms with van der Waals surface area (Å²) in [6.07, 6.45) is 1.51. The summed E-state index contributed by atoms with van der Waals surface area (Å²) in [5.41, 5.74) is 1.71. The van der Waals surface area contributed by atoms with Crippen LogP contribution >= 0.6 is 0 Å². The highest BCUT2D eigenvalue weighted by Crippen LogP contribution is 2.06. The monoisotopic (exact) mass is 564 g/mol. The highest BCUT2D eigenvalue weighted by atomic mass is 16.5. The molecule has 2 amide bonds. The number of rotatable bonds is 22. The second kappa shape index (κ2) is 18.9. The summed E-state index contributed by atoms with van der Waals surface area (Å²) >= 11 is 0. The van der Waals surface area contributed by atoms with Crippen molar-refractivity contribution in [3.05, 3.63) is 42.2 Å². The number of aryl methyl sites for hydroxylation is 1. The van der Waals surface area contributed by atoms with Crippen LogP contribution in [0.5, 0.6) is 0 Å². The molecule has 2 aromatic rings. The molecule has 15 heteroatoms. The molecule has 220 valence electrons. The average Bonchev–Trinajstić information content (AvgIpc) is 3.38. The molecule has 2 atom stereocenters. The van der Waals surface area contributed by atoms with E-state index in [1.807, 2.05) is 30.3 Å². The van der Waals surface area contributed by atoms with E-state index in [2.05, 4.69) is 26.3 Å². The minimum Gasteiger partial charge on any atom is -0.481 e. The molecule has 0 saturated heterocycles. The second-order valence-corrected chi connectivity index (χ2v) is 8.59. The van der Waals surface area contributed by atoms with Crippen molar-refractivity contribution in [3.63, 3.8) is 0 Å². The fourth-order valence-corrected chi connectivity index (χ4v) is 3.45. The van der Waals surface area contributed by atoms with Gasteiger partial charge in [0.1, 0.15) is 11.7 Å². The average molecular weight is 565 g/mol. The molecule has 40 heavy (non-hydrogen) atoms. The van der Waals surface area contributed by atoms with Crippen LogP contribution in [0.4, 0.5) is 10.5 Å². The third kappa shape index (κ3) is 14.1. The van der Waals surface area contributed by atoms with Gasteiger partial charge in [-0.1, -0.05) is 23.4 Å². The van der Waals surface area contributed by atoms with Crippen molar-refractivity contribution in [2.75, 3.05) is 31.7 Å². The van der Waals surface area contributed by atoms with Gasteiger partial charge in [0.2, 0.25) is 0 Å². The van der Waals surface area contributed by atoms with Crippen molar-refractivity contribution in [2.24, 2.45) is 0 Å². The number of nitrogens with one attached hydrogen (secondary N) is 3. The van der Waals surface area contributed by atoms with Crippen LogP contribution < -0.4 is 16.0 Å². The number of aromatic nitrogens is 3. The number of nitrogens with zero attached hydrogens (tertiary/aromatic N) is 3. The van der Waals surface area contributed by atoms with E-state index in [9.17, 15) is 19.2 Å². The smallest absolute Gasteiger partial charge is 0.326 e. The van der Waals surface area contributed by atoms with Gasteiger partial charge in [-0.3, -0.25) is 14.3 Å². The largest absolute Gasteiger partial charge is 0.481 e. The van der Waals surface area contributed by atoms with Gasteiger partial charge in [-0.05, 0) is 31.4 Å². The predicted octanol–water partition coefficient (Wildman–Crippen LogP) is 1.21. The number of urea groups is 1. The van der Waals surface area contributed by atoms with Crippen molar-refractivity contribution >= 4 is 30.1 Å². The number of carboxylic acids is 2. The Labute approximate surface area is 231 Å². The summed E-state index contributed by atoms with van der Waals surface area (Å²) in [6, 6.07) is 7.58. The van der Waals surface area contributed by atoms with Crippen LogP contribution in [0.25, 0.3) is 0 Å². The number of amides is 2. The normalized spacial score (nSPS) is 12.2. The van der Waals surface area contributed by atoms with Crippen LogP contribution in [0, 0.1) is 0 Å². The number of benzene rings is 1. The Morgan fingerprint density at radius 1 is 1.00 bits per heavy atom. The number of anilines is 1. The van der Waals surface area contributed by atoms with Crippen LogP contribution in [0.3, 0.4) is 0 Å². The summed E-state index contributed by atoms with van der Waals surface area (Å²) in [6.45, 7) is 3.14. The first-order chi connectivity index (χ1) is 19.4. The zero-order valence-corrected chi connectivity index (χ0v) is 22.1. The van der Waals surface area contributed by atoms with Crippen molar-refractivity contribution in [3.8, 4) is 0 Å². The quantitative estimate of drug-likeness (QED) is 0.0778. The van der Waals surface area contributed by atoms with Gasteiger partial charge in [-0.2, -0.15) is 0 Å². The number of aliphatic carboxylic acids is 2. The molecule has 0 unspecified atom stereocenters. The molecule has 1 heterocycles. The molecule has 0 radical (unpaired) electrons. The Hall–Kier alpha value is -4.24. The van der Waals surface area contributed by atoms with Crippen LogP contribution in [0.1, 0.15) is 37.8 Å². The molecule has 0 saturated carbocycles. The molecule has 5 N–H and O–H groups in total. The number of carbonyl (C=O) groups is 4. The summed E-state index contributed by atoms with van der Waals surface area (Å²) in [5, 5.41) is 33.7. The molecule has 0 aliphatic rings. The van der Waals surface area contributed by atoms with Gasteiger partial charge >= 0.3 is 18.0 Å². The van der Waals surface area contributed by atoms with Crippen molar-refractivity contribution < 1.29 is 43.6 Å². The van der Waals surface area contributed by atoms with Crippen molar-refractivity contribution in [1.29, 1.82) is 0 Å². The zero-order valence-electron chi connectivity index (χ0n) is 22.1. The number of ether oxygens (including phenoxy) is 3. The highest BCUT2D eigenvalue weighted by molar-refractivity contribution is 5.83. The number of hydrogen-bond acceptors (Lipinski definition) is 10. The van der Waals surface area contributed by atoms with Crippen molar-refractivity contribution in [1.82, 2.24) is 25.6 Å². The standard InChI is InChI=1S/C25H36N6O9/c32-18-40-22(28-25(37)27-21(24(35)36)9-10-23(33)34)8-4-5-12-31-16-20(29-30-31)17-39-15-14-38-13-11-26-19-6-2-1-3-7-19/h1-3,6-7,16,18,21-22,26H,4-5,8-15,17H2,(H,33,34)(H,35,36)(H2,27,28,37)/t21-,22+/m0/s1. The van der Waals surface area contributed by atoms with Gasteiger partial charge in [-0.25, -0.2) is 9.59 Å². The van der Waals surface area contributed by atoms with Gasteiger partial charge in [0.25, 0.3) is 6.47 Å². The van der Waals surface area contributed by atoms with E-state index in [0.717, 1.165) is 5.69 Å². The summed E-state index contributed by atoms with van der Waals surface area (Å²) in [5.74, 6) is -2.56. The van der Waals surface area contributed by atoms with Gasteiger partial charge in [-0.15, -0.1) is 5.10 Å². The second-order valence-electron chi connectivity index (χ2n) is 8.59. The van der Waals surface area contributed by atoms with E-state index >= 15 is 0 Å². The van der Waals surface area contributed by atoms with Crippen LogP contribution in [-0.2, 0) is 41.7 Å². The van der Waals surface area contributed by atoms with E-state index in [0.29, 0.717) is 58.1 Å². The van der Waals surface area contributed by atoms with E-state index in [4.69, 9.17) is 24.4 Å². The molecule has 0 aliphatic heterocycles. The number of carboxylic acid groups (broad SMARTS) is 2. The summed E-state index contributed by atoms with van der Waals surface area (Å²) in [4.78, 5) is 44.8. The fraction of sp³-hybridized carbons (Fsp3) is 0.520. The number of hydrogen-bond donors (Lipinski definition) is 5. The third-order valence-corrected chi connectivity index (χ3v) is 5.42. The lowest BCUT2D eigenvalue weighted by molar-refractivity contribution is -0.141. The zero-order chi connectivity index (χ0) is 29.0. The molecule has 0 bridgehead atoms. The topological polar surface area (TPSA) is 203 Å². The summed E-state index contributed by atoms with van der Waals surface area (Å²) < 4.78 is 17.6. The van der Waals surface area contributed by atoms with Crippen LogP contribution in [0.2, 0.25) is 0 Å². The Balaban J connectivity index is 1.57. The van der Waals surface area contributed by atoms with E-state index < -0.39 is 36.7 Å². The minimum absolute atomic E-state index is 0.181. The van der Waals surface area contributed by atoms with Crippen LogP contribution in [-0.4, -0.2) is 88.3 Å². The SMILES string of the molecule is O=CO[C@H](CCCCn1cc(COCCOCCNc2ccccc2)nn1)NC(=O)N[C@@H](CCC(=O)O)C(=O)O. The Kier molecular flexibility index (Phi) is 15.1. The first-order valence-electron chi connectivity index (χ1n) is 12.8. The summed E-state index contributed by atoms with van der Waals surface area (Å²) in [7, 11) is 0. The first-order valence-corrected chi connectivity index (χ1v) is 12.8. The lowest BCUT2D eigenvalue weighted by Crippen LogP contribution is -2.49. The highest BCUT2D eigenvalue weighted by Gasteiger charge is 2.22. The van der Waals surface area contributed by atoms with Crippen molar-refractivity contribution in [2.45, 2.75) is 57.5 Å². The lowest BCUT2D eigenvalue weighted by atomic mass is 10.1. The lowest BCUT2D eigenvalue weighted by Gasteiger charge is -2.19. The Morgan fingerprint density at radius 3 is 2.50 bits per heavy atom. The molecule has 1 aromatic carbocycles. The molecule has 0 spiro atoms. The molecule has 1 aromatic heterocycles. The number of unbranched alkanes of at least 4 members (excludes halogenated alkanes) is 1. The van der Waals surface area contributed by atoms with Gasteiger partial charge < -0.3 is 40.4 Å². The first kappa shape index (κ1) is 32.0. The van der Waals surface area contributed by atoms with Gasteiger partial charge in [0, 0.05) is 31.6 Å². The third-order valence-electron chi connectivity index (χ3n) is 5.42. The van der Waals surface area contributed by atoms with Gasteiger partial charge in [0.15, 0.2) is 6.23 Å². The number of carbonyl (C=O) groups excluding carboxylic acids is 2. The maximum Gasteiger partial charge on any atom is 0.326 e. The Bertz CT molecular complexity index is 1040. The molecule has 15 nitrogen and oxygen atoms in total. The maximum absolute atomic E-state index is 12.1.